The van der Waals surface area contributed by atoms with E-state index in [1.165, 1.54) is 0 Å². The number of rotatable bonds is 2. The number of anilines is 1. The van der Waals surface area contributed by atoms with Crippen molar-refractivity contribution in [2.45, 2.75) is 45.3 Å². The van der Waals surface area contributed by atoms with Gasteiger partial charge in [0, 0.05) is 41.8 Å². The number of nitrogens with zero attached hydrogens (tertiary/aromatic N) is 2. The Bertz CT molecular complexity index is 798. The highest BCUT2D eigenvalue weighted by Crippen LogP contribution is 2.49. The zero-order valence-electron chi connectivity index (χ0n) is 15.1. The van der Waals surface area contributed by atoms with Gasteiger partial charge in [0.1, 0.15) is 5.60 Å². The number of ether oxygens (including phenoxy) is 1. The lowest BCUT2D eigenvalue weighted by Crippen LogP contribution is -2.66. The van der Waals surface area contributed by atoms with Gasteiger partial charge < -0.3 is 15.0 Å². The molecule has 1 aromatic carbocycles. The normalized spacial score (nSPS) is 19.4. The minimum absolute atomic E-state index is 0.184. The van der Waals surface area contributed by atoms with E-state index in [9.17, 15) is 4.79 Å². The minimum Gasteiger partial charge on any atom is -0.444 e. The molecule has 2 heterocycles. The Hall–Kier alpha value is -2.30. The molecule has 132 valence electrons. The third-order valence-electron chi connectivity index (χ3n) is 5.04. The summed E-state index contributed by atoms with van der Waals surface area (Å²) in [5, 5.41) is 4.77. The molecule has 2 aromatic rings. The first-order chi connectivity index (χ1) is 11.8. The van der Waals surface area contributed by atoms with Gasteiger partial charge in [0.2, 0.25) is 0 Å². The zero-order valence-corrected chi connectivity index (χ0v) is 15.1. The van der Waals surface area contributed by atoms with E-state index >= 15 is 0 Å². The van der Waals surface area contributed by atoms with Crippen molar-refractivity contribution in [3.63, 3.8) is 0 Å². The second-order valence-electron chi connectivity index (χ2n) is 8.50. The number of nitrogens with one attached hydrogen (secondary N) is 1. The Morgan fingerprint density at radius 3 is 2.76 bits per heavy atom. The monoisotopic (exact) mass is 339 g/mol. The standard InChI is InChI=1S/C20H25N3O2/c1-19(2,3)25-18(24)23-12-20(13-23)10-16(11-20)22-15-6-7-17-14(9-15)5-4-8-21-17/h4-9,16,22H,10-13H2,1-3H3. The van der Waals surface area contributed by atoms with E-state index in [0.29, 0.717) is 11.5 Å². The molecule has 1 saturated heterocycles. The lowest BCUT2D eigenvalue weighted by Gasteiger charge is -2.58. The van der Waals surface area contributed by atoms with E-state index in [2.05, 4.69) is 34.6 Å². The third-order valence-corrected chi connectivity index (χ3v) is 5.04. The molecule has 1 aromatic heterocycles. The number of hydrogen-bond acceptors (Lipinski definition) is 4. The third kappa shape index (κ3) is 3.28. The Balaban J connectivity index is 1.29. The van der Waals surface area contributed by atoms with Crippen LogP contribution in [0.2, 0.25) is 0 Å². The van der Waals surface area contributed by atoms with E-state index in [1.807, 2.05) is 37.9 Å². The van der Waals surface area contributed by atoms with E-state index in [4.69, 9.17) is 4.74 Å². The van der Waals surface area contributed by atoms with Crippen molar-refractivity contribution in [2.24, 2.45) is 5.41 Å². The highest BCUT2D eigenvalue weighted by Gasteiger charge is 2.54. The maximum Gasteiger partial charge on any atom is 0.410 e. The molecule has 1 saturated carbocycles. The summed E-state index contributed by atoms with van der Waals surface area (Å²) in [4.78, 5) is 18.2. The molecule has 25 heavy (non-hydrogen) atoms. The van der Waals surface area contributed by atoms with Gasteiger partial charge >= 0.3 is 6.09 Å². The first-order valence-electron chi connectivity index (χ1n) is 8.91. The van der Waals surface area contributed by atoms with Crippen LogP contribution in [0.1, 0.15) is 33.6 Å². The molecule has 5 nitrogen and oxygen atoms in total. The molecule has 2 fully saturated rings. The summed E-state index contributed by atoms with van der Waals surface area (Å²) >= 11 is 0. The van der Waals surface area contributed by atoms with Crippen LogP contribution in [-0.2, 0) is 4.74 Å². The molecule has 1 aliphatic carbocycles. The van der Waals surface area contributed by atoms with Crippen LogP contribution < -0.4 is 5.32 Å². The summed E-state index contributed by atoms with van der Waals surface area (Å²) < 4.78 is 5.43. The Kier molecular flexibility index (Phi) is 3.63. The molecule has 0 unspecified atom stereocenters. The van der Waals surface area contributed by atoms with Crippen LogP contribution in [0.5, 0.6) is 0 Å². The lowest BCUT2D eigenvalue weighted by molar-refractivity contribution is -0.0738. The molecule has 1 spiro atoms. The van der Waals surface area contributed by atoms with Gasteiger partial charge in [0.25, 0.3) is 0 Å². The SMILES string of the molecule is CC(C)(C)OC(=O)N1CC2(CC(Nc3ccc4ncccc4c3)C2)C1. The first-order valence-corrected chi connectivity index (χ1v) is 8.91. The van der Waals surface area contributed by atoms with Crippen LogP contribution in [0.25, 0.3) is 10.9 Å². The van der Waals surface area contributed by atoms with Crippen LogP contribution >= 0.6 is 0 Å². The number of amides is 1. The summed E-state index contributed by atoms with van der Waals surface area (Å²) in [5.41, 5.74) is 2.04. The zero-order chi connectivity index (χ0) is 17.7. The Morgan fingerprint density at radius 1 is 1.28 bits per heavy atom. The predicted octanol–water partition coefficient (Wildman–Crippen LogP) is 4.05. The largest absolute Gasteiger partial charge is 0.444 e. The number of aromatic nitrogens is 1. The van der Waals surface area contributed by atoms with Gasteiger partial charge in [-0.05, 0) is 57.9 Å². The molecule has 0 atom stereocenters. The number of pyridine rings is 1. The molecular weight excluding hydrogens is 314 g/mol. The summed E-state index contributed by atoms with van der Waals surface area (Å²) in [5.74, 6) is 0. The van der Waals surface area contributed by atoms with Gasteiger partial charge in [0.15, 0.2) is 0 Å². The Morgan fingerprint density at radius 2 is 2.04 bits per heavy atom. The average Bonchev–Trinajstić information content (AvgIpc) is 2.46. The van der Waals surface area contributed by atoms with Crippen molar-refractivity contribution in [1.29, 1.82) is 0 Å². The van der Waals surface area contributed by atoms with E-state index < -0.39 is 5.60 Å². The fraction of sp³-hybridized carbons (Fsp3) is 0.500. The van der Waals surface area contributed by atoms with Gasteiger partial charge in [0.05, 0.1) is 5.52 Å². The molecule has 1 amide bonds. The average molecular weight is 339 g/mol. The topological polar surface area (TPSA) is 54.5 Å². The van der Waals surface area contributed by atoms with Gasteiger partial charge in [-0.15, -0.1) is 0 Å². The summed E-state index contributed by atoms with van der Waals surface area (Å²) in [6, 6.07) is 10.8. The van der Waals surface area contributed by atoms with Crippen LogP contribution in [0.15, 0.2) is 36.5 Å². The van der Waals surface area contributed by atoms with E-state index in [0.717, 1.165) is 42.5 Å². The van der Waals surface area contributed by atoms with Crippen LogP contribution in [-0.4, -0.2) is 40.7 Å². The molecule has 1 aliphatic heterocycles. The van der Waals surface area contributed by atoms with E-state index in [-0.39, 0.29) is 6.09 Å². The minimum atomic E-state index is -0.422. The van der Waals surface area contributed by atoms with Crippen molar-refractivity contribution in [3.05, 3.63) is 36.5 Å². The van der Waals surface area contributed by atoms with Crippen molar-refractivity contribution in [3.8, 4) is 0 Å². The molecule has 4 rings (SSSR count). The highest BCUT2D eigenvalue weighted by molar-refractivity contribution is 5.82. The maximum absolute atomic E-state index is 12.0. The fourth-order valence-corrected chi connectivity index (χ4v) is 3.97. The van der Waals surface area contributed by atoms with Gasteiger partial charge in [-0.2, -0.15) is 0 Å². The van der Waals surface area contributed by atoms with Gasteiger partial charge in [-0.1, -0.05) is 6.07 Å². The van der Waals surface area contributed by atoms with Gasteiger partial charge in [-0.3, -0.25) is 4.98 Å². The fourth-order valence-electron chi connectivity index (χ4n) is 3.97. The van der Waals surface area contributed by atoms with Crippen molar-refractivity contribution >= 4 is 22.7 Å². The van der Waals surface area contributed by atoms with Crippen LogP contribution in [0, 0.1) is 5.41 Å². The molecule has 0 bridgehead atoms. The van der Waals surface area contributed by atoms with E-state index in [1.54, 1.807) is 0 Å². The van der Waals surface area contributed by atoms with Crippen molar-refractivity contribution in [2.75, 3.05) is 18.4 Å². The number of carbonyl (C=O) groups is 1. The quantitative estimate of drug-likeness (QED) is 0.897. The van der Waals surface area contributed by atoms with Crippen molar-refractivity contribution < 1.29 is 9.53 Å². The number of likely N-dealkylation sites (tertiary alicyclic amines) is 1. The van der Waals surface area contributed by atoms with Gasteiger partial charge in [-0.25, -0.2) is 4.79 Å². The maximum atomic E-state index is 12.0. The molecule has 1 N–H and O–H groups in total. The smallest absolute Gasteiger partial charge is 0.410 e. The van der Waals surface area contributed by atoms with Crippen LogP contribution in [0.4, 0.5) is 10.5 Å². The molecule has 0 radical (unpaired) electrons. The number of fused-ring (bicyclic) bond motifs is 1. The molecule has 5 heteroatoms. The first kappa shape index (κ1) is 16.2. The predicted molar refractivity (Wildman–Crippen MR) is 98.6 cm³/mol. The lowest BCUT2D eigenvalue weighted by atomic mass is 9.60. The Labute approximate surface area is 148 Å². The molecule has 2 aliphatic rings. The summed E-state index contributed by atoms with van der Waals surface area (Å²) in [7, 11) is 0. The number of carbonyl (C=O) groups excluding carboxylic acids is 1. The number of benzene rings is 1. The summed E-state index contributed by atoms with van der Waals surface area (Å²) in [6.07, 6.45) is 3.85. The number of hydrogen-bond donors (Lipinski definition) is 1. The summed E-state index contributed by atoms with van der Waals surface area (Å²) in [6.45, 7) is 7.36. The van der Waals surface area contributed by atoms with Crippen LogP contribution in [0.3, 0.4) is 0 Å². The highest BCUT2D eigenvalue weighted by atomic mass is 16.6. The second-order valence-corrected chi connectivity index (χ2v) is 8.50. The van der Waals surface area contributed by atoms with Crippen molar-refractivity contribution in [1.82, 2.24) is 9.88 Å². The second kappa shape index (κ2) is 5.61. The molecular formula is C20H25N3O2.